The van der Waals surface area contributed by atoms with Gasteiger partial charge in [-0.2, -0.15) is 0 Å². The van der Waals surface area contributed by atoms with Crippen molar-refractivity contribution in [1.29, 1.82) is 0 Å². The van der Waals surface area contributed by atoms with Crippen LogP contribution < -0.4 is 20.1 Å². The first-order valence-corrected chi connectivity index (χ1v) is 17.3. The summed E-state index contributed by atoms with van der Waals surface area (Å²) in [5.41, 5.74) is 2.18. The van der Waals surface area contributed by atoms with Crippen LogP contribution in [0.1, 0.15) is 12.0 Å². The number of hydrogen-bond acceptors (Lipinski definition) is 16. The standard InChI is InChI=1S/C37H46N2O16/c1-51-21-10-12-22(13-11-21)53-35-33(48)32(47)31(46)27(54-35)18-52-37(36(49)50)14-25(42)29(39-28(44)17-40)34(55-37)30(45)26(43)16-38-15-19-6-8-20(9-7-19)23-4-2-3-5-24(23)41/h2-13,25-27,29-35,38,40-43,45-48H,14-18H2,1H3,(H,39,44)(H,49,50)/t25-,26+,27+,29+,30+,31-,32-,33+,34+,35+,37+/m0/s1. The summed E-state index contributed by atoms with van der Waals surface area (Å²) in [6.45, 7) is -1.92. The summed E-state index contributed by atoms with van der Waals surface area (Å²) in [6.07, 6.45) is -16.6. The van der Waals surface area contributed by atoms with Crippen LogP contribution in [0.3, 0.4) is 0 Å². The van der Waals surface area contributed by atoms with Crippen molar-refractivity contribution in [2.75, 3.05) is 26.9 Å². The predicted molar refractivity (Wildman–Crippen MR) is 188 cm³/mol. The van der Waals surface area contributed by atoms with Gasteiger partial charge in [0.15, 0.2) is 0 Å². The van der Waals surface area contributed by atoms with Crippen molar-refractivity contribution in [3.05, 3.63) is 78.4 Å². The zero-order valence-electron chi connectivity index (χ0n) is 29.6. The summed E-state index contributed by atoms with van der Waals surface area (Å²) < 4.78 is 27.8. The molecule has 0 bridgehead atoms. The van der Waals surface area contributed by atoms with Crippen molar-refractivity contribution < 1.29 is 79.2 Å². The maximum atomic E-state index is 12.7. The van der Waals surface area contributed by atoms with E-state index in [1.54, 1.807) is 60.7 Å². The Labute approximate surface area is 315 Å². The fourth-order valence-corrected chi connectivity index (χ4v) is 6.33. The average Bonchev–Trinajstić information content (AvgIpc) is 3.18. The van der Waals surface area contributed by atoms with Gasteiger partial charge in [-0.25, -0.2) is 4.79 Å². The van der Waals surface area contributed by atoms with Crippen LogP contribution in [0.5, 0.6) is 17.2 Å². The fraction of sp³-hybridized carbons (Fsp3) is 0.459. The van der Waals surface area contributed by atoms with Crippen molar-refractivity contribution >= 4 is 11.9 Å². The van der Waals surface area contributed by atoms with Gasteiger partial charge in [-0.3, -0.25) is 4.79 Å². The molecule has 0 aliphatic carbocycles. The second kappa shape index (κ2) is 18.5. The van der Waals surface area contributed by atoms with E-state index >= 15 is 0 Å². The van der Waals surface area contributed by atoms with Crippen molar-refractivity contribution in [3.63, 3.8) is 0 Å². The highest BCUT2D eigenvalue weighted by atomic mass is 16.7. The zero-order chi connectivity index (χ0) is 39.9. The van der Waals surface area contributed by atoms with E-state index in [2.05, 4.69) is 10.6 Å². The van der Waals surface area contributed by atoms with Crippen LogP contribution in [0.2, 0.25) is 0 Å². The van der Waals surface area contributed by atoms with Gasteiger partial charge in [0.05, 0.1) is 32.0 Å². The number of benzene rings is 3. The number of amides is 1. The number of methoxy groups -OCH3 is 1. The molecule has 3 aromatic rings. The van der Waals surface area contributed by atoms with Gasteiger partial charge >= 0.3 is 5.97 Å². The Hall–Kier alpha value is -4.44. The number of hydrogen-bond donors (Lipinski definition) is 11. The number of carboxylic acids is 1. The first-order chi connectivity index (χ1) is 26.3. The molecule has 0 saturated carbocycles. The quantitative estimate of drug-likeness (QED) is 0.0765. The second-order valence-corrected chi connectivity index (χ2v) is 13.2. The third-order valence-electron chi connectivity index (χ3n) is 9.41. The summed E-state index contributed by atoms with van der Waals surface area (Å²) in [4.78, 5) is 24.9. The van der Waals surface area contributed by atoms with Crippen LogP contribution in [0.25, 0.3) is 11.1 Å². The van der Waals surface area contributed by atoms with Crippen LogP contribution in [0.15, 0.2) is 72.8 Å². The summed E-state index contributed by atoms with van der Waals surface area (Å²) in [6, 6.07) is 18.6. The van der Waals surface area contributed by atoms with E-state index in [0.29, 0.717) is 11.3 Å². The number of aliphatic hydroxyl groups excluding tert-OH is 7. The van der Waals surface area contributed by atoms with Gasteiger partial charge in [-0.1, -0.05) is 42.5 Å². The van der Waals surface area contributed by atoms with Crippen LogP contribution in [0.4, 0.5) is 0 Å². The van der Waals surface area contributed by atoms with Crippen LogP contribution >= 0.6 is 0 Å². The zero-order valence-corrected chi connectivity index (χ0v) is 29.6. The molecular weight excluding hydrogens is 728 g/mol. The summed E-state index contributed by atoms with van der Waals surface area (Å²) >= 11 is 0. The number of rotatable bonds is 16. The minimum absolute atomic E-state index is 0.119. The van der Waals surface area contributed by atoms with E-state index in [-0.39, 0.29) is 24.6 Å². The largest absolute Gasteiger partial charge is 0.507 e. The Bertz CT molecular complexity index is 1710. The average molecular weight is 775 g/mol. The molecule has 2 aliphatic heterocycles. The molecule has 18 heteroatoms. The number of carbonyl (C=O) groups is 2. The molecule has 1 amide bonds. The monoisotopic (exact) mass is 774 g/mol. The van der Waals surface area contributed by atoms with Crippen LogP contribution in [-0.4, -0.2) is 152 Å². The van der Waals surface area contributed by atoms with Crippen molar-refractivity contribution in [1.82, 2.24) is 10.6 Å². The molecule has 0 unspecified atom stereocenters. The lowest BCUT2D eigenvalue weighted by atomic mass is 9.88. The lowest BCUT2D eigenvalue weighted by Crippen LogP contribution is -2.69. The third kappa shape index (κ3) is 9.87. The number of carbonyl (C=O) groups excluding carboxylic acids is 1. The Morgan fingerprint density at radius 1 is 0.927 bits per heavy atom. The van der Waals surface area contributed by atoms with Gasteiger partial charge in [-0.15, -0.1) is 0 Å². The smallest absolute Gasteiger partial charge is 0.364 e. The number of phenols is 1. The minimum Gasteiger partial charge on any atom is -0.507 e. The van der Waals surface area contributed by atoms with Gasteiger partial charge in [0.1, 0.15) is 60.5 Å². The number of para-hydroxylation sites is 1. The molecule has 2 heterocycles. The van der Waals surface area contributed by atoms with Gasteiger partial charge in [0.2, 0.25) is 12.2 Å². The van der Waals surface area contributed by atoms with Crippen molar-refractivity contribution in [3.8, 4) is 28.4 Å². The number of aliphatic hydroxyl groups is 7. The van der Waals surface area contributed by atoms with E-state index in [1.165, 1.54) is 19.2 Å². The molecule has 3 aromatic carbocycles. The molecule has 2 saturated heterocycles. The maximum absolute atomic E-state index is 12.7. The van der Waals surface area contributed by atoms with Crippen molar-refractivity contribution in [2.45, 2.75) is 79.9 Å². The summed E-state index contributed by atoms with van der Waals surface area (Å²) in [5.74, 6) is -4.75. The van der Waals surface area contributed by atoms with Crippen LogP contribution in [0, 0.1) is 0 Å². The number of carboxylic acid groups (broad SMARTS) is 1. The first kappa shape index (κ1) is 41.7. The van der Waals surface area contributed by atoms with E-state index in [0.717, 1.165) is 11.1 Å². The molecule has 11 atom stereocenters. The van der Waals surface area contributed by atoms with E-state index in [1.807, 2.05) is 0 Å². The molecular formula is C37H46N2O16. The Morgan fingerprint density at radius 2 is 1.60 bits per heavy atom. The Kier molecular flexibility index (Phi) is 14.0. The molecule has 0 spiro atoms. The van der Waals surface area contributed by atoms with Gasteiger partial charge in [-0.05, 0) is 41.5 Å². The predicted octanol–water partition coefficient (Wildman–Crippen LogP) is -1.81. The number of ether oxygens (including phenoxy) is 5. The molecule has 300 valence electrons. The SMILES string of the molecule is COc1ccc(O[C@@H]2O[C@H](CO[C@]3(C(=O)O)C[C@H](O)[C@@H](NC(=O)CO)[C@H]([C@H](O)[C@H](O)CNCc4ccc(-c5ccccc5O)cc4)O3)[C@H](O)[C@H](O)[C@H]2O)cc1. The third-order valence-corrected chi connectivity index (χ3v) is 9.41. The first-order valence-electron chi connectivity index (χ1n) is 17.3. The maximum Gasteiger partial charge on any atom is 0.364 e. The van der Waals surface area contributed by atoms with E-state index < -0.39 is 98.5 Å². The van der Waals surface area contributed by atoms with Gasteiger partial charge < -0.3 is 80.3 Å². The number of nitrogens with one attached hydrogen (secondary N) is 2. The molecule has 2 fully saturated rings. The molecule has 0 aromatic heterocycles. The summed E-state index contributed by atoms with van der Waals surface area (Å²) in [7, 11) is 1.46. The highest BCUT2D eigenvalue weighted by Gasteiger charge is 2.57. The molecule has 5 rings (SSSR count). The molecule has 0 radical (unpaired) electrons. The van der Waals surface area contributed by atoms with Gasteiger partial charge in [0.25, 0.3) is 5.79 Å². The van der Waals surface area contributed by atoms with E-state index in [4.69, 9.17) is 23.7 Å². The van der Waals surface area contributed by atoms with Gasteiger partial charge in [0, 0.05) is 25.1 Å². The topological polar surface area (TPSA) is 286 Å². The van der Waals surface area contributed by atoms with Crippen LogP contribution in [-0.2, 0) is 30.3 Å². The van der Waals surface area contributed by atoms with Crippen molar-refractivity contribution in [2.24, 2.45) is 0 Å². The Balaban J connectivity index is 1.27. The molecule has 11 N–H and O–H groups in total. The number of aromatic hydroxyl groups is 1. The molecule has 55 heavy (non-hydrogen) atoms. The summed E-state index contributed by atoms with van der Waals surface area (Å²) in [5, 5.41) is 100. The molecule has 2 aliphatic rings. The number of phenolic OH excluding ortho intramolecular Hbond substituents is 1. The second-order valence-electron chi connectivity index (χ2n) is 13.2. The fourth-order valence-electron chi connectivity index (χ4n) is 6.33. The number of aliphatic carboxylic acids is 1. The normalized spacial score (nSPS) is 29.2. The lowest BCUT2D eigenvalue weighted by molar-refractivity contribution is -0.331. The molecule has 18 nitrogen and oxygen atoms in total. The Morgan fingerprint density at radius 3 is 2.24 bits per heavy atom. The highest BCUT2D eigenvalue weighted by molar-refractivity contribution is 5.78. The minimum atomic E-state index is -2.77. The van der Waals surface area contributed by atoms with E-state index in [9.17, 15) is 55.5 Å². The highest BCUT2D eigenvalue weighted by Crippen LogP contribution is 2.35. The lowest BCUT2D eigenvalue weighted by Gasteiger charge is -2.47.